The van der Waals surface area contributed by atoms with Crippen molar-refractivity contribution in [3.63, 3.8) is 0 Å². The Balaban J connectivity index is 1.62. The standard InChI is InChI=1S/C24H27N5O4S/c1-5-13-29-23(16(2)33-21-8-6-7-20(14-21)32-4)27-28-24(29)34-15-22(31)26-19-11-9-18(10-12-19)25-17(3)30/h5-12,14,16H,1,13,15H2,2-4H3,(H,25,30)(H,26,31). The molecule has 34 heavy (non-hydrogen) atoms. The Labute approximate surface area is 202 Å². The molecule has 0 aliphatic heterocycles. The third-order valence-electron chi connectivity index (χ3n) is 4.60. The normalized spacial score (nSPS) is 11.4. The Bertz CT molecular complexity index is 1150. The van der Waals surface area contributed by atoms with E-state index in [4.69, 9.17) is 9.47 Å². The minimum absolute atomic E-state index is 0.147. The van der Waals surface area contributed by atoms with Crippen LogP contribution in [-0.4, -0.2) is 39.4 Å². The van der Waals surface area contributed by atoms with E-state index in [0.717, 1.165) is 0 Å². The molecule has 1 aromatic heterocycles. The minimum Gasteiger partial charge on any atom is -0.497 e. The smallest absolute Gasteiger partial charge is 0.234 e. The summed E-state index contributed by atoms with van der Waals surface area (Å²) in [6, 6.07) is 14.2. The summed E-state index contributed by atoms with van der Waals surface area (Å²) in [4.78, 5) is 23.6. The monoisotopic (exact) mass is 481 g/mol. The molecule has 0 radical (unpaired) electrons. The fourth-order valence-corrected chi connectivity index (χ4v) is 3.86. The van der Waals surface area contributed by atoms with E-state index in [0.29, 0.717) is 40.4 Å². The molecular formula is C24H27N5O4S. The molecule has 0 saturated heterocycles. The number of nitrogens with one attached hydrogen (secondary N) is 2. The Morgan fingerprint density at radius 1 is 1.12 bits per heavy atom. The van der Waals surface area contributed by atoms with E-state index in [1.165, 1.54) is 18.7 Å². The van der Waals surface area contributed by atoms with Crippen LogP contribution in [0, 0.1) is 0 Å². The number of thioether (sulfide) groups is 1. The van der Waals surface area contributed by atoms with Crippen molar-refractivity contribution >= 4 is 35.0 Å². The van der Waals surface area contributed by atoms with Crippen LogP contribution in [0.25, 0.3) is 0 Å². The van der Waals surface area contributed by atoms with Gasteiger partial charge in [0.1, 0.15) is 11.5 Å². The topological polar surface area (TPSA) is 107 Å². The van der Waals surface area contributed by atoms with Gasteiger partial charge < -0.3 is 20.1 Å². The van der Waals surface area contributed by atoms with Crippen LogP contribution in [0.5, 0.6) is 11.5 Å². The van der Waals surface area contributed by atoms with Crippen molar-refractivity contribution < 1.29 is 19.1 Å². The molecule has 2 N–H and O–H groups in total. The Hall–Kier alpha value is -3.79. The molecule has 2 amide bonds. The van der Waals surface area contributed by atoms with Crippen LogP contribution < -0.4 is 20.1 Å². The molecule has 0 bridgehead atoms. The number of benzene rings is 2. The van der Waals surface area contributed by atoms with Gasteiger partial charge in [-0.3, -0.25) is 14.2 Å². The second-order valence-electron chi connectivity index (χ2n) is 7.27. The first kappa shape index (κ1) is 24.8. The number of methoxy groups -OCH3 is 1. The maximum atomic E-state index is 12.4. The average Bonchev–Trinajstić information content (AvgIpc) is 3.22. The number of aromatic nitrogens is 3. The van der Waals surface area contributed by atoms with Gasteiger partial charge in [0.25, 0.3) is 0 Å². The fourth-order valence-electron chi connectivity index (χ4n) is 3.11. The molecular weight excluding hydrogens is 454 g/mol. The van der Waals surface area contributed by atoms with Crippen LogP contribution in [0.4, 0.5) is 11.4 Å². The first-order valence-electron chi connectivity index (χ1n) is 10.5. The quantitative estimate of drug-likeness (QED) is 0.310. The molecule has 3 rings (SSSR count). The van der Waals surface area contributed by atoms with Crippen LogP contribution in [0.15, 0.2) is 66.3 Å². The number of carbonyl (C=O) groups excluding carboxylic acids is 2. The van der Waals surface area contributed by atoms with Crippen molar-refractivity contribution in [2.45, 2.75) is 31.7 Å². The number of hydrogen-bond acceptors (Lipinski definition) is 7. The lowest BCUT2D eigenvalue weighted by molar-refractivity contribution is -0.114. The van der Waals surface area contributed by atoms with E-state index in [1.54, 1.807) is 43.5 Å². The molecule has 3 aromatic rings. The van der Waals surface area contributed by atoms with Crippen molar-refractivity contribution in [1.29, 1.82) is 0 Å². The number of allylic oxidation sites excluding steroid dienone is 1. The fraction of sp³-hybridized carbons (Fsp3) is 0.250. The van der Waals surface area contributed by atoms with Gasteiger partial charge in [0.15, 0.2) is 17.1 Å². The number of carbonyl (C=O) groups is 2. The van der Waals surface area contributed by atoms with E-state index < -0.39 is 0 Å². The van der Waals surface area contributed by atoms with Gasteiger partial charge in [-0.25, -0.2) is 0 Å². The molecule has 0 spiro atoms. The van der Waals surface area contributed by atoms with Crippen LogP contribution in [0.2, 0.25) is 0 Å². The lowest BCUT2D eigenvalue weighted by Crippen LogP contribution is -2.15. The predicted molar refractivity (Wildman–Crippen MR) is 132 cm³/mol. The molecule has 0 saturated carbocycles. The van der Waals surface area contributed by atoms with E-state index in [9.17, 15) is 9.59 Å². The van der Waals surface area contributed by atoms with Crippen molar-refractivity contribution in [2.24, 2.45) is 0 Å². The number of rotatable bonds is 11. The molecule has 1 heterocycles. The molecule has 2 aromatic carbocycles. The number of ether oxygens (including phenoxy) is 2. The zero-order valence-corrected chi connectivity index (χ0v) is 20.1. The van der Waals surface area contributed by atoms with E-state index >= 15 is 0 Å². The lowest BCUT2D eigenvalue weighted by Gasteiger charge is -2.16. The number of anilines is 2. The van der Waals surface area contributed by atoms with Gasteiger partial charge in [0.2, 0.25) is 11.8 Å². The minimum atomic E-state index is -0.384. The third-order valence-corrected chi connectivity index (χ3v) is 5.56. The van der Waals surface area contributed by atoms with Crippen LogP contribution in [0.3, 0.4) is 0 Å². The zero-order valence-electron chi connectivity index (χ0n) is 19.3. The van der Waals surface area contributed by atoms with Gasteiger partial charge in [0.05, 0.1) is 12.9 Å². The van der Waals surface area contributed by atoms with Gasteiger partial charge in [-0.1, -0.05) is 23.9 Å². The molecule has 0 aliphatic carbocycles. The first-order chi connectivity index (χ1) is 16.4. The Morgan fingerprint density at radius 3 is 2.44 bits per heavy atom. The summed E-state index contributed by atoms with van der Waals surface area (Å²) >= 11 is 1.27. The van der Waals surface area contributed by atoms with Crippen LogP contribution in [0.1, 0.15) is 25.8 Å². The number of nitrogens with zero attached hydrogens (tertiary/aromatic N) is 3. The molecule has 0 aliphatic rings. The first-order valence-corrected chi connectivity index (χ1v) is 11.5. The number of hydrogen-bond donors (Lipinski definition) is 2. The van der Waals surface area contributed by atoms with Gasteiger partial charge in [0, 0.05) is 30.9 Å². The third kappa shape index (κ3) is 6.85. The summed E-state index contributed by atoms with van der Waals surface area (Å²) in [5.41, 5.74) is 1.29. The SMILES string of the molecule is C=CCn1c(SCC(=O)Nc2ccc(NC(C)=O)cc2)nnc1C(C)Oc1cccc(OC)c1. The van der Waals surface area contributed by atoms with Gasteiger partial charge in [-0.05, 0) is 43.3 Å². The maximum Gasteiger partial charge on any atom is 0.234 e. The zero-order chi connectivity index (χ0) is 24.5. The number of amides is 2. The highest BCUT2D eigenvalue weighted by atomic mass is 32.2. The van der Waals surface area contributed by atoms with Crippen LogP contribution >= 0.6 is 11.8 Å². The summed E-state index contributed by atoms with van der Waals surface area (Å²) in [6.45, 7) is 7.61. The highest BCUT2D eigenvalue weighted by molar-refractivity contribution is 7.99. The summed E-state index contributed by atoms with van der Waals surface area (Å²) in [5, 5.41) is 14.6. The summed E-state index contributed by atoms with van der Waals surface area (Å²) in [6.07, 6.45) is 1.36. The highest BCUT2D eigenvalue weighted by Crippen LogP contribution is 2.27. The van der Waals surface area contributed by atoms with Gasteiger partial charge in [-0.15, -0.1) is 16.8 Å². The lowest BCUT2D eigenvalue weighted by atomic mass is 10.3. The molecule has 178 valence electrons. The molecule has 10 heteroatoms. The van der Waals surface area contributed by atoms with Crippen LogP contribution in [-0.2, 0) is 16.1 Å². The second-order valence-corrected chi connectivity index (χ2v) is 8.22. The van der Waals surface area contributed by atoms with Crippen molar-refractivity contribution in [2.75, 3.05) is 23.5 Å². The average molecular weight is 482 g/mol. The summed E-state index contributed by atoms with van der Waals surface area (Å²) in [5.74, 6) is 1.78. The summed E-state index contributed by atoms with van der Waals surface area (Å²) < 4.78 is 13.1. The highest BCUT2D eigenvalue weighted by Gasteiger charge is 2.20. The van der Waals surface area contributed by atoms with E-state index in [1.807, 2.05) is 29.7 Å². The van der Waals surface area contributed by atoms with Gasteiger partial charge >= 0.3 is 0 Å². The van der Waals surface area contributed by atoms with Gasteiger partial charge in [-0.2, -0.15) is 0 Å². The molecule has 1 unspecified atom stereocenters. The Kier molecular flexibility index (Phi) is 8.69. The largest absolute Gasteiger partial charge is 0.497 e. The van der Waals surface area contributed by atoms with E-state index in [-0.39, 0.29) is 23.7 Å². The van der Waals surface area contributed by atoms with Crippen molar-refractivity contribution in [3.05, 3.63) is 67.0 Å². The Morgan fingerprint density at radius 2 is 1.79 bits per heavy atom. The predicted octanol–water partition coefficient (Wildman–Crippen LogP) is 4.30. The molecule has 1 atom stereocenters. The molecule has 9 nitrogen and oxygen atoms in total. The second kappa shape index (κ2) is 11.9. The summed E-state index contributed by atoms with van der Waals surface area (Å²) in [7, 11) is 1.60. The molecule has 0 fully saturated rings. The van der Waals surface area contributed by atoms with Crippen molar-refractivity contribution in [3.8, 4) is 11.5 Å². The van der Waals surface area contributed by atoms with Crippen molar-refractivity contribution in [1.82, 2.24) is 14.8 Å². The maximum absolute atomic E-state index is 12.4. The van der Waals surface area contributed by atoms with E-state index in [2.05, 4.69) is 27.4 Å².